The molecule has 0 fully saturated rings. The van der Waals surface area contributed by atoms with Crippen molar-refractivity contribution in [1.29, 1.82) is 5.26 Å². The average Bonchev–Trinajstić information content (AvgIpc) is 3.09. The van der Waals surface area contributed by atoms with Crippen molar-refractivity contribution in [3.63, 3.8) is 0 Å². The van der Waals surface area contributed by atoms with Gasteiger partial charge in [-0.1, -0.05) is 11.1 Å². The normalized spacial score (nSPS) is 16.6. The van der Waals surface area contributed by atoms with E-state index in [2.05, 4.69) is 22.2 Å². The molecule has 1 aliphatic rings. The van der Waals surface area contributed by atoms with Crippen LogP contribution in [0.25, 0.3) is 17.2 Å². The number of fused-ring (bicyclic) bond motifs is 1. The summed E-state index contributed by atoms with van der Waals surface area (Å²) in [6, 6.07) is 5.05. The van der Waals surface area contributed by atoms with E-state index in [4.69, 9.17) is 10.2 Å². The van der Waals surface area contributed by atoms with Gasteiger partial charge in [0.15, 0.2) is 11.6 Å². The zero-order chi connectivity index (χ0) is 22.7. The third-order valence-electron chi connectivity index (χ3n) is 5.90. The molecule has 1 atom stereocenters. The molecule has 3 aromatic rings. The molecule has 0 spiro atoms. The molecule has 3 heterocycles. The van der Waals surface area contributed by atoms with Gasteiger partial charge in [-0.2, -0.15) is 5.26 Å². The number of rotatable bonds is 6. The Kier molecular flexibility index (Phi) is 6.26. The number of nitrogens with one attached hydrogen (secondary N) is 1. The molecule has 32 heavy (non-hydrogen) atoms. The minimum Gasteiger partial charge on any atom is -0.367 e. The summed E-state index contributed by atoms with van der Waals surface area (Å²) >= 11 is 0. The number of hydrogen-bond acceptors (Lipinski definition) is 6. The molecule has 0 unspecified atom stereocenters. The van der Waals surface area contributed by atoms with Crippen molar-refractivity contribution in [1.82, 2.24) is 19.4 Å². The van der Waals surface area contributed by atoms with Crippen LogP contribution in [0.15, 0.2) is 41.9 Å². The van der Waals surface area contributed by atoms with Gasteiger partial charge in [0.1, 0.15) is 23.0 Å². The highest BCUT2D eigenvalue weighted by atomic mass is 19.1. The van der Waals surface area contributed by atoms with Gasteiger partial charge in [-0.25, -0.2) is 19.3 Å². The van der Waals surface area contributed by atoms with Gasteiger partial charge in [-0.15, -0.1) is 0 Å². The van der Waals surface area contributed by atoms with Crippen LogP contribution < -0.4 is 5.32 Å². The Morgan fingerprint density at radius 1 is 1.31 bits per heavy atom. The molecule has 1 aliphatic carbocycles. The van der Waals surface area contributed by atoms with Crippen molar-refractivity contribution < 1.29 is 9.18 Å². The van der Waals surface area contributed by atoms with Crippen LogP contribution in [0.4, 0.5) is 10.2 Å². The fourth-order valence-electron chi connectivity index (χ4n) is 4.12. The Morgan fingerprint density at radius 3 is 2.97 bits per heavy atom. The van der Waals surface area contributed by atoms with Gasteiger partial charge in [0, 0.05) is 30.4 Å². The van der Waals surface area contributed by atoms with Crippen LogP contribution in [-0.2, 0) is 4.79 Å². The monoisotopic (exact) mass is 432 g/mol. The molecular formula is C24H25FN6O. The van der Waals surface area contributed by atoms with Crippen molar-refractivity contribution in [2.75, 3.05) is 5.32 Å². The first-order valence-corrected chi connectivity index (χ1v) is 10.7. The molecule has 3 aromatic heterocycles. The lowest BCUT2D eigenvalue weighted by atomic mass is 9.97. The summed E-state index contributed by atoms with van der Waals surface area (Å²) in [5.41, 5.74) is 4.50. The lowest BCUT2D eigenvalue weighted by Crippen LogP contribution is -2.21. The van der Waals surface area contributed by atoms with Gasteiger partial charge >= 0.3 is 0 Å². The molecule has 1 N–H and O–H groups in total. The lowest BCUT2D eigenvalue weighted by molar-refractivity contribution is -0.117. The molecular weight excluding hydrogens is 407 g/mol. The molecule has 164 valence electrons. The van der Waals surface area contributed by atoms with E-state index < -0.39 is 0 Å². The first kappa shape index (κ1) is 21.6. The number of imidazole rings is 1. The number of ketones is 1. The van der Waals surface area contributed by atoms with Gasteiger partial charge in [0.05, 0.1) is 18.7 Å². The highest BCUT2D eigenvalue weighted by molar-refractivity contribution is 5.82. The SMILES string of the molecule is CC1=C(CC(=O)CC#N)C[C@H](Nc2nc(-c3cnc4ccc(F)cn34)ncc2C)CCC1. The number of carbonyl (C=O) groups excluding carboxylic acids is 1. The molecule has 0 aliphatic heterocycles. The number of halogens is 1. The van der Waals surface area contributed by atoms with E-state index in [0.29, 0.717) is 29.4 Å². The van der Waals surface area contributed by atoms with Gasteiger partial charge < -0.3 is 5.32 Å². The molecule has 0 bridgehead atoms. The summed E-state index contributed by atoms with van der Waals surface area (Å²) in [4.78, 5) is 25.5. The van der Waals surface area contributed by atoms with Crippen LogP contribution in [-0.4, -0.2) is 31.2 Å². The number of pyridine rings is 1. The summed E-state index contributed by atoms with van der Waals surface area (Å²) in [7, 11) is 0. The average molecular weight is 433 g/mol. The van der Waals surface area contributed by atoms with Crippen LogP contribution in [0.5, 0.6) is 0 Å². The minimum absolute atomic E-state index is 0.0390. The molecule has 0 aromatic carbocycles. The Bertz CT molecular complexity index is 1240. The molecule has 0 saturated carbocycles. The molecule has 7 nitrogen and oxygen atoms in total. The minimum atomic E-state index is -0.360. The molecule has 8 heteroatoms. The van der Waals surface area contributed by atoms with Crippen molar-refractivity contribution in [2.45, 2.75) is 58.4 Å². The number of carbonyl (C=O) groups is 1. The molecule has 0 radical (unpaired) electrons. The van der Waals surface area contributed by atoms with Crippen LogP contribution in [0.3, 0.4) is 0 Å². The van der Waals surface area contributed by atoms with Gasteiger partial charge in [0.2, 0.25) is 0 Å². The van der Waals surface area contributed by atoms with Crippen LogP contribution in [0.2, 0.25) is 0 Å². The van der Waals surface area contributed by atoms with E-state index in [-0.39, 0.29) is 24.1 Å². The Labute approximate surface area is 186 Å². The second kappa shape index (κ2) is 9.27. The molecule has 0 saturated heterocycles. The first-order valence-electron chi connectivity index (χ1n) is 10.7. The van der Waals surface area contributed by atoms with Gasteiger partial charge in [-0.3, -0.25) is 9.20 Å². The van der Waals surface area contributed by atoms with Crippen molar-refractivity contribution in [2.24, 2.45) is 0 Å². The number of allylic oxidation sites excluding steroid dienone is 1. The summed E-state index contributed by atoms with van der Waals surface area (Å²) in [6.07, 6.45) is 8.70. The Balaban J connectivity index is 1.58. The number of aromatic nitrogens is 4. The molecule has 0 amide bonds. The maximum atomic E-state index is 13.8. The molecule has 4 rings (SSSR count). The largest absolute Gasteiger partial charge is 0.367 e. The third kappa shape index (κ3) is 4.67. The second-order valence-corrected chi connectivity index (χ2v) is 8.32. The second-order valence-electron chi connectivity index (χ2n) is 8.32. The predicted molar refractivity (Wildman–Crippen MR) is 119 cm³/mol. The zero-order valence-electron chi connectivity index (χ0n) is 18.2. The van der Waals surface area contributed by atoms with Crippen molar-refractivity contribution in [3.05, 3.63) is 53.3 Å². The van der Waals surface area contributed by atoms with E-state index >= 15 is 0 Å². The van der Waals surface area contributed by atoms with Crippen molar-refractivity contribution >= 4 is 17.2 Å². The summed E-state index contributed by atoms with van der Waals surface area (Å²) in [5, 5.41) is 12.4. The number of nitriles is 1. The van der Waals surface area contributed by atoms with Crippen LogP contribution in [0.1, 0.15) is 51.0 Å². The van der Waals surface area contributed by atoms with E-state index in [9.17, 15) is 9.18 Å². The predicted octanol–water partition coefficient (Wildman–Crippen LogP) is 4.78. The lowest BCUT2D eigenvalue weighted by Gasteiger charge is -2.20. The summed E-state index contributed by atoms with van der Waals surface area (Å²) in [5.74, 6) is 0.777. The smallest absolute Gasteiger partial charge is 0.180 e. The maximum absolute atomic E-state index is 13.8. The maximum Gasteiger partial charge on any atom is 0.180 e. The fourth-order valence-corrected chi connectivity index (χ4v) is 4.12. The number of aryl methyl sites for hydroxylation is 1. The van der Waals surface area contributed by atoms with E-state index in [1.54, 1.807) is 22.9 Å². The van der Waals surface area contributed by atoms with Crippen LogP contribution in [0, 0.1) is 24.1 Å². The van der Waals surface area contributed by atoms with Gasteiger partial charge in [0.25, 0.3) is 0 Å². The zero-order valence-corrected chi connectivity index (χ0v) is 18.2. The first-order chi connectivity index (χ1) is 15.4. The van der Waals surface area contributed by atoms with E-state index in [0.717, 1.165) is 36.8 Å². The standard InChI is InChI=1S/C24H25FN6O/c1-15-4-3-5-19(10-17(15)11-20(32)8-9-26)29-23-16(2)12-28-24(30-23)21-13-27-22-7-6-18(25)14-31(21)22/h6-7,12-14,19H,3-5,8,10-11H2,1-2H3,(H,28,29,30)/t19-/m1/s1. The number of anilines is 1. The van der Waals surface area contributed by atoms with E-state index in [1.807, 2.05) is 13.0 Å². The topological polar surface area (TPSA) is 96.0 Å². The van der Waals surface area contributed by atoms with Gasteiger partial charge in [-0.05, 0) is 51.7 Å². The third-order valence-corrected chi connectivity index (χ3v) is 5.90. The number of hydrogen-bond donors (Lipinski definition) is 1. The van der Waals surface area contributed by atoms with E-state index in [1.165, 1.54) is 17.8 Å². The Morgan fingerprint density at radius 2 is 2.16 bits per heavy atom. The van der Waals surface area contributed by atoms with Crippen molar-refractivity contribution in [3.8, 4) is 17.6 Å². The quantitative estimate of drug-likeness (QED) is 0.563. The summed E-state index contributed by atoms with van der Waals surface area (Å²) < 4.78 is 15.4. The summed E-state index contributed by atoms with van der Waals surface area (Å²) in [6.45, 7) is 4.02. The van der Waals surface area contributed by atoms with Crippen LogP contribution >= 0.6 is 0 Å². The highest BCUT2D eigenvalue weighted by Crippen LogP contribution is 2.29. The highest BCUT2D eigenvalue weighted by Gasteiger charge is 2.21. The number of Topliss-reactive ketones (excluding diaryl/α,β-unsaturated/α-hetero) is 1. The number of nitrogens with zero attached hydrogens (tertiary/aromatic N) is 5. The Hall–Kier alpha value is -3.60. The fraction of sp³-hybridized carbons (Fsp3) is 0.375.